The molecule has 0 saturated carbocycles. The molecule has 1 atom stereocenters. The van der Waals surface area contributed by atoms with Gasteiger partial charge in [-0.25, -0.2) is 4.39 Å². The van der Waals surface area contributed by atoms with Crippen LogP contribution in [-0.2, 0) is 9.53 Å². The van der Waals surface area contributed by atoms with Crippen molar-refractivity contribution in [2.45, 2.75) is 13.0 Å². The SMILES string of the molecule is COC(CN)C(=O)Nc1cc(Br)c(F)cc1C. The van der Waals surface area contributed by atoms with Gasteiger partial charge >= 0.3 is 0 Å². The number of amides is 1. The first kappa shape index (κ1) is 14.1. The number of ether oxygens (including phenoxy) is 1. The fourth-order valence-corrected chi connectivity index (χ4v) is 1.65. The normalized spacial score (nSPS) is 12.3. The van der Waals surface area contributed by atoms with Crippen LogP contribution in [0.2, 0.25) is 0 Å². The molecule has 3 N–H and O–H groups in total. The van der Waals surface area contributed by atoms with Crippen LogP contribution in [0, 0.1) is 12.7 Å². The monoisotopic (exact) mass is 304 g/mol. The largest absolute Gasteiger partial charge is 0.370 e. The Hall–Kier alpha value is -0.980. The maximum Gasteiger partial charge on any atom is 0.254 e. The van der Waals surface area contributed by atoms with E-state index in [-0.39, 0.29) is 18.3 Å². The van der Waals surface area contributed by atoms with Crippen LogP contribution in [-0.4, -0.2) is 25.7 Å². The van der Waals surface area contributed by atoms with Crippen LogP contribution in [0.1, 0.15) is 5.56 Å². The van der Waals surface area contributed by atoms with Crippen LogP contribution < -0.4 is 11.1 Å². The van der Waals surface area contributed by atoms with Crippen molar-refractivity contribution in [3.63, 3.8) is 0 Å². The van der Waals surface area contributed by atoms with Crippen LogP contribution in [0.3, 0.4) is 0 Å². The van der Waals surface area contributed by atoms with Gasteiger partial charge in [0.1, 0.15) is 11.9 Å². The van der Waals surface area contributed by atoms with Crippen molar-refractivity contribution >= 4 is 27.5 Å². The van der Waals surface area contributed by atoms with E-state index in [1.54, 1.807) is 6.92 Å². The van der Waals surface area contributed by atoms with Crippen molar-refractivity contribution < 1.29 is 13.9 Å². The molecule has 0 aliphatic carbocycles. The molecule has 0 radical (unpaired) electrons. The first-order valence-electron chi connectivity index (χ1n) is 4.99. The van der Waals surface area contributed by atoms with Gasteiger partial charge in [0.05, 0.1) is 4.47 Å². The molecule has 1 aromatic carbocycles. The van der Waals surface area contributed by atoms with Crippen molar-refractivity contribution in [1.82, 2.24) is 0 Å². The van der Waals surface area contributed by atoms with Gasteiger partial charge in [0.2, 0.25) is 0 Å². The lowest BCUT2D eigenvalue weighted by molar-refractivity contribution is -0.125. The first-order chi connectivity index (χ1) is 7.99. The molecule has 94 valence electrons. The Morgan fingerprint density at radius 2 is 2.29 bits per heavy atom. The second-order valence-corrected chi connectivity index (χ2v) is 4.38. The fourth-order valence-electron chi connectivity index (χ4n) is 1.30. The molecule has 0 heterocycles. The van der Waals surface area contributed by atoms with Gasteiger partial charge in [-0.05, 0) is 40.5 Å². The maximum absolute atomic E-state index is 13.2. The lowest BCUT2D eigenvalue weighted by atomic mass is 10.2. The Labute approximate surface area is 107 Å². The molecule has 1 rings (SSSR count). The van der Waals surface area contributed by atoms with Gasteiger partial charge < -0.3 is 15.8 Å². The summed E-state index contributed by atoms with van der Waals surface area (Å²) in [4.78, 5) is 11.7. The second kappa shape index (κ2) is 6.09. The Morgan fingerprint density at radius 3 is 2.82 bits per heavy atom. The number of rotatable bonds is 4. The molecule has 17 heavy (non-hydrogen) atoms. The van der Waals surface area contributed by atoms with E-state index in [0.29, 0.717) is 15.7 Å². The minimum atomic E-state index is -0.710. The second-order valence-electron chi connectivity index (χ2n) is 3.53. The number of carbonyl (C=O) groups is 1. The van der Waals surface area contributed by atoms with Gasteiger partial charge in [0, 0.05) is 19.3 Å². The minimum Gasteiger partial charge on any atom is -0.370 e. The molecule has 4 nitrogen and oxygen atoms in total. The number of nitrogens with two attached hydrogens (primary N) is 1. The summed E-state index contributed by atoms with van der Waals surface area (Å²) in [5.74, 6) is -0.723. The van der Waals surface area contributed by atoms with E-state index in [0.717, 1.165) is 0 Å². The number of anilines is 1. The van der Waals surface area contributed by atoms with Crippen molar-refractivity contribution in [2.75, 3.05) is 19.0 Å². The number of hydrogen-bond acceptors (Lipinski definition) is 3. The summed E-state index contributed by atoms with van der Waals surface area (Å²) in [5.41, 5.74) is 6.53. The summed E-state index contributed by atoms with van der Waals surface area (Å²) in [7, 11) is 1.41. The lowest BCUT2D eigenvalue weighted by Crippen LogP contribution is -2.36. The van der Waals surface area contributed by atoms with Gasteiger partial charge in [0.25, 0.3) is 5.91 Å². The Balaban J connectivity index is 2.88. The molecule has 0 aromatic heterocycles. The average Bonchev–Trinajstić information content (AvgIpc) is 2.27. The van der Waals surface area contributed by atoms with Gasteiger partial charge in [-0.15, -0.1) is 0 Å². The molecule has 0 aliphatic heterocycles. The van der Waals surface area contributed by atoms with E-state index < -0.39 is 6.10 Å². The number of aryl methyl sites for hydroxylation is 1. The summed E-state index contributed by atoms with van der Waals surface area (Å²) in [5, 5.41) is 2.64. The van der Waals surface area contributed by atoms with E-state index >= 15 is 0 Å². The van der Waals surface area contributed by atoms with Gasteiger partial charge in [0.15, 0.2) is 0 Å². The van der Waals surface area contributed by atoms with E-state index in [4.69, 9.17) is 10.5 Å². The van der Waals surface area contributed by atoms with Crippen LogP contribution in [0.5, 0.6) is 0 Å². The minimum absolute atomic E-state index is 0.0870. The van der Waals surface area contributed by atoms with Gasteiger partial charge in [-0.2, -0.15) is 0 Å². The Morgan fingerprint density at radius 1 is 1.65 bits per heavy atom. The topological polar surface area (TPSA) is 64.3 Å². The standard InChI is InChI=1S/C11H14BrFN2O2/c1-6-3-8(13)7(12)4-9(6)15-11(16)10(5-14)17-2/h3-4,10H,5,14H2,1-2H3,(H,15,16). The summed E-state index contributed by atoms with van der Waals surface area (Å²) in [6.45, 7) is 1.79. The molecule has 1 amide bonds. The van der Waals surface area contributed by atoms with E-state index in [1.165, 1.54) is 19.2 Å². The summed E-state index contributed by atoms with van der Waals surface area (Å²) < 4.78 is 18.4. The highest BCUT2D eigenvalue weighted by Crippen LogP contribution is 2.24. The number of nitrogens with one attached hydrogen (secondary N) is 1. The molecular weight excluding hydrogens is 291 g/mol. The van der Waals surface area contributed by atoms with Crippen LogP contribution >= 0.6 is 15.9 Å². The predicted molar refractivity (Wildman–Crippen MR) is 67.3 cm³/mol. The van der Waals surface area contributed by atoms with Crippen LogP contribution in [0.25, 0.3) is 0 Å². The Bertz CT molecular complexity index is 422. The zero-order valence-corrected chi connectivity index (χ0v) is 11.2. The number of methoxy groups -OCH3 is 1. The third kappa shape index (κ3) is 3.49. The summed E-state index contributed by atoms with van der Waals surface area (Å²) in [6, 6.07) is 2.84. The maximum atomic E-state index is 13.2. The zero-order valence-electron chi connectivity index (χ0n) is 9.59. The smallest absolute Gasteiger partial charge is 0.254 e. The third-order valence-corrected chi connectivity index (χ3v) is 2.92. The fraction of sp³-hybridized carbons (Fsp3) is 0.364. The quantitative estimate of drug-likeness (QED) is 0.891. The van der Waals surface area contributed by atoms with Crippen molar-refractivity contribution in [2.24, 2.45) is 5.73 Å². The van der Waals surface area contributed by atoms with Crippen molar-refractivity contribution in [3.05, 3.63) is 28.0 Å². The molecule has 0 saturated heterocycles. The third-order valence-electron chi connectivity index (χ3n) is 2.32. The Kier molecular flexibility index (Phi) is 5.04. The average molecular weight is 305 g/mol. The van der Waals surface area contributed by atoms with E-state index in [2.05, 4.69) is 21.2 Å². The van der Waals surface area contributed by atoms with Crippen LogP contribution in [0.4, 0.5) is 10.1 Å². The van der Waals surface area contributed by atoms with E-state index in [1.807, 2.05) is 0 Å². The van der Waals surface area contributed by atoms with Gasteiger partial charge in [-0.3, -0.25) is 4.79 Å². The molecule has 1 aromatic rings. The predicted octanol–water partition coefficient (Wildman–Crippen LogP) is 1.81. The molecule has 0 fully saturated rings. The molecule has 1 unspecified atom stereocenters. The highest BCUT2D eigenvalue weighted by atomic mass is 79.9. The van der Waals surface area contributed by atoms with Crippen molar-refractivity contribution in [1.29, 1.82) is 0 Å². The van der Waals surface area contributed by atoms with Gasteiger partial charge in [-0.1, -0.05) is 0 Å². The summed E-state index contributed by atoms with van der Waals surface area (Å²) in [6.07, 6.45) is -0.710. The number of carbonyl (C=O) groups excluding carboxylic acids is 1. The van der Waals surface area contributed by atoms with Crippen LogP contribution in [0.15, 0.2) is 16.6 Å². The molecular formula is C11H14BrFN2O2. The number of hydrogen-bond donors (Lipinski definition) is 2. The highest BCUT2D eigenvalue weighted by molar-refractivity contribution is 9.10. The number of halogens is 2. The van der Waals surface area contributed by atoms with Crippen molar-refractivity contribution in [3.8, 4) is 0 Å². The highest BCUT2D eigenvalue weighted by Gasteiger charge is 2.17. The zero-order chi connectivity index (χ0) is 13.0. The molecule has 0 spiro atoms. The van der Waals surface area contributed by atoms with E-state index in [9.17, 15) is 9.18 Å². The number of benzene rings is 1. The lowest BCUT2D eigenvalue weighted by Gasteiger charge is -2.14. The summed E-state index contributed by atoms with van der Waals surface area (Å²) >= 11 is 3.06. The molecule has 0 bridgehead atoms. The molecule has 6 heteroatoms. The first-order valence-corrected chi connectivity index (χ1v) is 5.78. The molecule has 0 aliphatic rings.